The van der Waals surface area contributed by atoms with Gasteiger partial charge in [-0.05, 0) is 18.6 Å². The maximum atomic E-state index is 5.77. The Bertz CT molecular complexity index is 654. The highest BCUT2D eigenvalue weighted by Crippen LogP contribution is 2.31. The van der Waals surface area contributed by atoms with E-state index in [-0.39, 0.29) is 0 Å². The second-order valence-corrected chi connectivity index (χ2v) is 4.20. The van der Waals surface area contributed by atoms with E-state index in [1.165, 1.54) is 10.8 Å². The third kappa shape index (κ3) is 1.66. The molecule has 0 saturated carbocycles. The average Bonchev–Trinajstić information content (AvgIpc) is 2.75. The number of fused-ring (bicyclic) bond motifs is 3. The predicted octanol–water partition coefficient (Wildman–Crippen LogP) is 4.11. The molecule has 3 rings (SSSR count). The molecule has 2 nitrogen and oxygen atoms in total. The number of ether oxygens (including phenoxy) is 1. The molecule has 17 heavy (non-hydrogen) atoms. The standard InChI is InChI=1S/C15H15NO/c1-2-10-17-14-9-5-7-12-11-6-3-4-8-13(11)16-15(12)14/h3-9,16H,2,10H2,1H3. The molecule has 86 valence electrons. The molecule has 0 unspecified atom stereocenters. The fraction of sp³-hybridized carbons (Fsp3) is 0.200. The lowest BCUT2D eigenvalue weighted by Gasteiger charge is -2.05. The molecule has 0 atom stereocenters. The first-order chi connectivity index (χ1) is 8.40. The number of aromatic amines is 1. The van der Waals surface area contributed by atoms with E-state index in [1.807, 2.05) is 18.2 Å². The van der Waals surface area contributed by atoms with Crippen LogP contribution in [-0.4, -0.2) is 11.6 Å². The first-order valence-corrected chi connectivity index (χ1v) is 6.02. The lowest BCUT2D eigenvalue weighted by Crippen LogP contribution is -1.95. The lowest BCUT2D eigenvalue weighted by atomic mass is 10.1. The van der Waals surface area contributed by atoms with Crippen LogP contribution in [0.2, 0.25) is 0 Å². The maximum absolute atomic E-state index is 5.77. The fourth-order valence-corrected chi connectivity index (χ4v) is 2.18. The molecule has 1 aromatic heterocycles. The predicted molar refractivity (Wildman–Crippen MR) is 71.6 cm³/mol. The summed E-state index contributed by atoms with van der Waals surface area (Å²) in [5, 5.41) is 2.48. The number of rotatable bonds is 3. The Kier molecular flexibility index (Phi) is 2.48. The molecular formula is C15H15NO. The van der Waals surface area contributed by atoms with Crippen molar-refractivity contribution in [2.24, 2.45) is 0 Å². The van der Waals surface area contributed by atoms with Gasteiger partial charge in [-0.3, -0.25) is 0 Å². The normalized spacial score (nSPS) is 11.1. The minimum Gasteiger partial charge on any atom is -0.491 e. The Labute approximate surface area is 100 Å². The van der Waals surface area contributed by atoms with Gasteiger partial charge in [0, 0.05) is 16.3 Å². The number of benzene rings is 2. The molecule has 1 N–H and O–H groups in total. The van der Waals surface area contributed by atoms with Gasteiger partial charge in [0.25, 0.3) is 0 Å². The van der Waals surface area contributed by atoms with Gasteiger partial charge in [-0.15, -0.1) is 0 Å². The Morgan fingerprint density at radius 1 is 1.00 bits per heavy atom. The molecule has 0 amide bonds. The van der Waals surface area contributed by atoms with Gasteiger partial charge in [0.15, 0.2) is 0 Å². The Balaban J connectivity index is 2.24. The summed E-state index contributed by atoms with van der Waals surface area (Å²) >= 11 is 0. The Morgan fingerprint density at radius 3 is 2.71 bits per heavy atom. The van der Waals surface area contributed by atoms with Crippen LogP contribution in [0.15, 0.2) is 42.5 Å². The number of H-pyrrole nitrogens is 1. The second kappa shape index (κ2) is 4.13. The summed E-state index contributed by atoms with van der Waals surface area (Å²) in [6.45, 7) is 2.87. The number of nitrogens with one attached hydrogen (secondary N) is 1. The smallest absolute Gasteiger partial charge is 0.143 e. The van der Waals surface area contributed by atoms with Gasteiger partial charge in [-0.1, -0.05) is 37.3 Å². The molecule has 0 aliphatic heterocycles. The van der Waals surface area contributed by atoms with Crippen molar-refractivity contribution in [3.63, 3.8) is 0 Å². The Morgan fingerprint density at radius 2 is 1.82 bits per heavy atom. The minimum absolute atomic E-state index is 0.758. The molecule has 1 heterocycles. The van der Waals surface area contributed by atoms with Crippen LogP contribution in [-0.2, 0) is 0 Å². The van der Waals surface area contributed by atoms with Gasteiger partial charge in [0.2, 0.25) is 0 Å². The molecule has 2 heteroatoms. The van der Waals surface area contributed by atoms with Crippen molar-refractivity contribution in [3.8, 4) is 5.75 Å². The van der Waals surface area contributed by atoms with Crippen molar-refractivity contribution in [2.45, 2.75) is 13.3 Å². The van der Waals surface area contributed by atoms with E-state index in [9.17, 15) is 0 Å². The van der Waals surface area contributed by atoms with Crippen LogP contribution in [0.1, 0.15) is 13.3 Å². The molecule has 0 spiro atoms. The summed E-state index contributed by atoms with van der Waals surface area (Å²) in [5.74, 6) is 0.945. The van der Waals surface area contributed by atoms with Crippen molar-refractivity contribution < 1.29 is 4.74 Å². The summed E-state index contributed by atoms with van der Waals surface area (Å²) in [6, 6.07) is 14.5. The third-order valence-corrected chi connectivity index (χ3v) is 2.96. The van der Waals surface area contributed by atoms with Gasteiger partial charge < -0.3 is 9.72 Å². The van der Waals surface area contributed by atoms with E-state index in [4.69, 9.17) is 4.74 Å². The molecule has 0 saturated heterocycles. The SMILES string of the molecule is CCCOc1cccc2c1[nH]c1ccccc12. The van der Waals surface area contributed by atoms with Gasteiger partial charge >= 0.3 is 0 Å². The average molecular weight is 225 g/mol. The summed E-state index contributed by atoms with van der Waals surface area (Å²) in [6.07, 6.45) is 1.02. The van der Waals surface area contributed by atoms with Crippen molar-refractivity contribution >= 4 is 21.8 Å². The van der Waals surface area contributed by atoms with Crippen LogP contribution in [0.5, 0.6) is 5.75 Å². The molecular weight excluding hydrogens is 210 g/mol. The highest BCUT2D eigenvalue weighted by molar-refractivity contribution is 6.09. The van der Waals surface area contributed by atoms with Crippen molar-refractivity contribution in [3.05, 3.63) is 42.5 Å². The van der Waals surface area contributed by atoms with Gasteiger partial charge in [0.05, 0.1) is 12.1 Å². The van der Waals surface area contributed by atoms with Crippen molar-refractivity contribution in [1.82, 2.24) is 4.98 Å². The van der Waals surface area contributed by atoms with Crippen LogP contribution >= 0.6 is 0 Å². The maximum Gasteiger partial charge on any atom is 0.143 e. The highest BCUT2D eigenvalue weighted by Gasteiger charge is 2.07. The van der Waals surface area contributed by atoms with Crippen LogP contribution in [0.3, 0.4) is 0 Å². The van der Waals surface area contributed by atoms with Crippen LogP contribution < -0.4 is 4.74 Å². The first kappa shape index (κ1) is 10.2. The molecule has 0 fully saturated rings. The summed E-state index contributed by atoms with van der Waals surface area (Å²) in [4.78, 5) is 3.43. The number of aromatic nitrogens is 1. The van der Waals surface area contributed by atoms with E-state index in [1.54, 1.807) is 0 Å². The zero-order valence-electron chi connectivity index (χ0n) is 9.86. The fourth-order valence-electron chi connectivity index (χ4n) is 2.18. The van der Waals surface area contributed by atoms with Crippen LogP contribution in [0, 0.1) is 0 Å². The molecule has 0 aliphatic rings. The Hall–Kier alpha value is -1.96. The zero-order chi connectivity index (χ0) is 11.7. The molecule has 2 aromatic carbocycles. The molecule has 0 aliphatic carbocycles. The topological polar surface area (TPSA) is 25.0 Å². The first-order valence-electron chi connectivity index (χ1n) is 6.02. The zero-order valence-corrected chi connectivity index (χ0v) is 9.86. The monoisotopic (exact) mass is 225 g/mol. The van der Waals surface area contributed by atoms with Crippen molar-refractivity contribution in [2.75, 3.05) is 6.61 Å². The van der Waals surface area contributed by atoms with Gasteiger partial charge in [-0.25, -0.2) is 0 Å². The third-order valence-electron chi connectivity index (χ3n) is 2.96. The summed E-state index contributed by atoms with van der Waals surface area (Å²) in [7, 11) is 0. The van der Waals surface area contributed by atoms with E-state index in [2.05, 4.69) is 36.2 Å². The lowest BCUT2D eigenvalue weighted by molar-refractivity contribution is 0.320. The quantitative estimate of drug-likeness (QED) is 0.713. The van der Waals surface area contributed by atoms with E-state index < -0.39 is 0 Å². The van der Waals surface area contributed by atoms with Gasteiger partial charge in [0.1, 0.15) is 5.75 Å². The molecule has 0 radical (unpaired) electrons. The van der Waals surface area contributed by atoms with E-state index in [0.717, 1.165) is 29.8 Å². The van der Waals surface area contributed by atoms with E-state index >= 15 is 0 Å². The minimum atomic E-state index is 0.758. The second-order valence-electron chi connectivity index (χ2n) is 4.20. The number of hydrogen-bond acceptors (Lipinski definition) is 1. The van der Waals surface area contributed by atoms with Crippen LogP contribution in [0.25, 0.3) is 21.8 Å². The summed E-state index contributed by atoms with van der Waals surface area (Å²) in [5.41, 5.74) is 2.26. The molecule has 0 bridgehead atoms. The van der Waals surface area contributed by atoms with Crippen LogP contribution in [0.4, 0.5) is 0 Å². The van der Waals surface area contributed by atoms with E-state index in [0.29, 0.717) is 0 Å². The summed E-state index contributed by atoms with van der Waals surface area (Å²) < 4.78 is 5.77. The molecule has 3 aromatic rings. The largest absolute Gasteiger partial charge is 0.491 e. The number of hydrogen-bond donors (Lipinski definition) is 1. The van der Waals surface area contributed by atoms with Crippen molar-refractivity contribution in [1.29, 1.82) is 0 Å². The van der Waals surface area contributed by atoms with Gasteiger partial charge in [-0.2, -0.15) is 0 Å². The highest BCUT2D eigenvalue weighted by atomic mass is 16.5. The number of para-hydroxylation sites is 2.